The number of aryl methyl sites for hydroxylation is 1. The predicted molar refractivity (Wildman–Crippen MR) is 148 cm³/mol. The maximum atomic E-state index is 13.4. The molecule has 2 amide bonds. The van der Waals surface area contributed by atoms with Crippen molar-refractivity contribution in [2.45, 2.75) is 19.0 Å². The minimum absolute atomic E-state index is 0.0293. The molecule has 4 N–H and O–H groups in total. The van der Waals surface area contributed by atoms with Gasteiger partial charge in [0.05, 0.1) is 17.3 Å². The van der Waals surface area contributed by atoms with Crippen LogP contribution >= 0.6 is 0 Å². The van der Waals surface area contributed by atoms with Crippen molar-refractivity contribution in [3.05, 3.63) is 119 Å². The van der Waals surface area contributed by atoms with Gasteiger partial charge < -0.3 is 20.9 Å². The van der Waals surface area contributed by atoms with Crippen molar-refractivity contribution >= 4 is 17.5 Å². The number of anilines is 1. The molecule has 1 atom stereocenters. The van der Waals surface area contributed by atoms with Gasteiger partial charge in [-0.3, -0.25) is 19.5 Å². The number of nitrogens with zero attached hydrogens (tertiary/aromatic N) is 3. The van der Waals surface area contributed by atoms with Gasteiger partial charge in [0.25, 0.3) is 11.8 Å². The monoisotopic (exact) mass is 508 g/mol. The summed E-state index contributed by atoms with van der Waals surface area (Å²) >= 11 is 0. The highest BCUT2D eigenvalue weighted by atomic mass is 16.2. The lowest BCUT2D eigenvalue weighted by atomic mass is 9.94. The number of carbonyl (C=O) groups excluding carboxylic acids is 2. The molecule has 8 nitrogen and oxygen atoms in total. The molecule has 5 rings (SSSR count). The number of hydrogen-bond donors (Lipinski definition) is 3. The zero-order valence-electron chi connectivity index (χ0n) is 21.4. The van der Waals surface area contributed by atoms with Crippen molar-refractivity contribution in [1.82, 2.24) is 25.1 Å². The standard InChI is InChI=1S/C30H32N6O2/c1-21-12-13-27(34-21)29(37)33-19-26-20-35(30(38)24-16-25(31)18-32-17-24)14-15-36(26)28(22-8-4-2-5-9-22)23-10-6-3-7-11-23/h2-13,16-18,26,28,34H,14-15,19-20,31H2,1H3,(H,33,37). The SMILES string of the molecule is Cc1ccc(C(=O)NCC2CN(C(=O)c3cncc(N)c3)CCN2C(c2ccccc2)c2ccccc2)[nH]1. The first-order valence-electron chi connectivity index (χ1n) is 12.8. The second kappa shape index (κ2) is 11.3. The van der Waals surface area contributed by atoms with Gasteiger partial charge in [-0.05, 0) is 36.2 Å². The molecule has 0 saturated carbocycles. The van der Waals surface area contributed by atoms with Crippen LogP contribution in [0.25, 0.3) is 0 Å². The molecule has 0 bridgehead atoms. The number of nitrogens with two attached hydrogens (primary N) is 1. The Hall–Kier alpha value is -4.43. The maximum Gasteiger partial charge on any atom is 0.267 e. The number of rotatable bonds is 7. The smallest absolute Gasteiger partial charge is 0.267 e. The molecule has 1 aliphatic heterocycles. The number of hydrogen-bond acceptors (Lipinski definition) is 5. The average molecular weight is 509 g/mol. The summed E-state index contributed by atoms with van der Waals surface area (Å²) in [5, 5.41) is 3.10. The summed E-state index contributed by atoms with van der Waals surface area (Å²) in [5.41, 5.74) is 10.6. The lowest BCUT2D eigenvalue weighted by Crippen LogP contribution is -2.59. The summed E-state index contributed by atoms with van der Waals surface area (Å²) in [6, 6.07) is 25.9. The highest BCUT2D eigenvalue weighted by Gasteiger charge is 2.36. The van der Waals surface area contributed by atoms with Crippen LogP contribution in [0.5, 0.6) is 0 Å². The first-order valence-corrected chi connectivity index (χ1v) is 12.8. The fraction of sp³-hybridized carbons (Fsp3) is 0.233. The number of aromatic amines is 1. The number of nitrogen functional groups attached to an aromatic ring is 1. The fourth-order valence-corrected chi connectivity index (χ4v) is 5.12. The molecule has 0 radical (unpaired) electrons. The summed E-state index contributed by atoms with van der Waals surface area (Å²) in [6.45, 7) is 3.93. The summed E-state index contributed by atoms with van der Waals surface area (Å²) in [4.78, 5) is 37.7. The minimum atomic E-state index is -0.169. The third-order valence-electron chi connectivity index (χ3n) is 6.96. The molecule has 1 aliphatic rings. The summed E-state index contributed by atoms with van der Waals surface area (Å²) in [5.74, 6) is -0.283. The van der Waals surface area contributed by atoms with Gasteiger partial charge in [-0.1, -0.05) is 60.7 Å². The molecule has 8 heteroatoms. The Labute approximate surface area is 222 Å². The van der Waals surface area contributed by atoms with E-state index in [4.69, 9.17) is 5.73 Å². The van der Waals surface area contributed by atoms with Crippen molar-refractivity contribution in [2.75, 3.05) is 31.9 Å². The van der Waals surface area contributed by atoms with Gasteiger partial charge in [0.15, 0.2) is 0 Å². The maximum absolute atomic E-state index is 13.4. The van der Waals surface area contributed by atoms with Crippen molar-refractivity contribution in [2.24, 2.45) is 0 Å². The van der Waals surface area contributed by atoms with E-state index >= 15 is 0 Å². The Bertz CT molecular complexity index is 1350. The summed E-state index contributed by atoms with van der Waals surface area (Å²) < 4.78 is 0. The molecule has 2 aromatic carbocycles. The van der Waals surface area contributed by atoms with Crippen LogP contribution in [-0.4, -0.2) is 63.8 Å². The minimum Gasteiger partial charge on any atom is -0.397 e. The van der Waals surface area contributed by atoms with E-state index in [1.807, 2.05) is 54.3 Å². The number of piperazine rings is 1. The first kappa shape index (κ1) is 25.2. The third-order valence-corrected chi connectivity index (χ3v) is 6.96. The molecule has 1 fully saturated rings. The van der Waals surface area contributed by atoms with Gasteiger partial charge in [-0.15, -0.1) is 0 Å². The van der Waals surface area contributed by atoms with Crippen LogP contribution in [0.3, 0.4) is 0 Å². The highest BCUT2D eigenvalue weighted by molar-refractivity contribution is 5.95. The van der Waals surface area contributed by atoms with Crippen molar-refractivity contribution in [3.63, 3.8) is 0 Å². The van der Waals surface area contributed by atoms with Crippen LogP contribution in [0.15, 0.2) is 91.3 Å². The van der Waals surface area contributed by atoms with Gasteiger partial charge >= 0.3 is 0 Å². The zero-order chi connectivity index (χ0) is 26.5. The molecule has 3 heterocycles. The van der Waals surface area contributed by atoms with E-state index in [0.29, 0.717) is 43.1 Å². The Kier molecular flexibility index (Phi) is 7.51. The molecular formula is C30H32N6O2. The Morgan fingerprint density at radius 3 is 2.29 bits per heavy atom. The van der Waals surface area contributed by atoms with E-state index in [-0.39, 0.29) is 23.9 Å². The second-order valence-electron chi connectivity index (χ2n) is 9.64. The number of pyridine rings is 1. The normalized spacial score (nSPS) is 15.9. The lowest BCUT2D eigenvalue weighted by Gasteiger charge is -2.45. The summed E-state index contributed by atoms with van der Waals surface area (Å²) in [6.07, 6.45) is 3.08. The number of benzene rings is 2. The predicted octanol–water partition coefficient (Wildman–Crippen LogP) is 3.65. The fourth-order valence-electron chi connectivity index (χ4n) is 5.12. The van der Waals surface area contributed by atoms with E-state index in [1.165, 1.54) is 6.20 Å². The van der Waals surface area contributed by atoms with E-state index < -0.39 is 0 Å². The van der Waals surface area contributed by atoms with E-state index in [1.54, 1.807) is 18.3 Å². The molecular weight excluding hydrogens is 476 g/mol. The Morgan fingerprint density at radius 2 is 1.68 bits per heavy atom. The molecule has 0 aliphatic carbocycles. The molecule has 2 aromatic heterocycles. The van der Waals surface area contributed by atoms with Crippen LogP contribution in [0.1, 0.15) is 43.7 Å². The van der Waals surface area contributed by atoms with Gasteiger partial charge in [0.2, 0.25) is 0 Å². The quantitative estimate of drug-likeness (QED) is 0.353. The lowest BCUT2D eigenvalue weighted by molar-refractivity contribution is 0.0382. The number of aromatic nitrogens is 2. The molecule has 0 spiro atoms. The molecule has 194 valence electrons. The average Bonchev–Trinajstić information content (AvgIpc) is 3.39. The largest absolute Gasteiger partial charge is 0.397 e. The number of H-pyrrole nitrogens is 1. The topological polar surface area (TPSA) is 107 Å². The van der Waals surface area contributed by atoms with Crippen molar-refractivity contribution in [1.29, 1.82) is 0 Å². The van der Waals surface area contributed by atoms with Gasteiger partial charge in [0, 0.05) is 50.3 Å². The molecule has 1 unspecified atom stereocenters. The van der Waals surface area contributed by atoms with Gasteiger partial charge in [-0.25, -0.2) is 0 Å². The second-order valence-corrected chi connectivity index (χ2v) is 9.64. The molecule has 38 heavy (non-hydrogen) atoms. The number of nitrogens with one attached hydrogen (secondary N) is 2. The number of amides is 2. The number of carbonyl (C=O) groups is 2. The van der Waals surface area contributed by atoms with E-state index in [2.05, 4.69) is 44.5 Å². The van der Waals surface area contributed by atoms with E-state index in [9.17, 15) is 9.59 Å². The highest BCUT2D eigenvalue weighted by Crippen LogP contribution is 2.32. The van der Waals surface area contributed by atoms with Gasteiger partial charge in [-0.2, -0.15) is 0 Å². The first-order chi connectivity index (χ1) is 18.5. The van der Waals surface area contributed by atoms with Gasteiger partial charge in [0.1, 0.15) is 5.69 Å². The van der Waals surface area contributed by atoms with Crippen molar-refractivity contribution in [3.8, 4) is 0 Å². The van der Waals surface area contributed by atoms with Crippen LogP contribution < -0.4 is 11.1 Å². The Balaban J connectivity index is 1.44. The van der Waals surface area contributed by atoms with Crippen LogP contribution in [0.2, 0.25) is 0 Å². The molecule has 4 aromatic rings. The van der Waals surface area contributed by atoms with Crippen LogP contribution in [-0.2, 0) is 0 Å². The van der Waals surface area contributed by atoms with Crippen LogP contribution in [0, 0.1) is 6.92 Å². The Morgan fingerprint density at radius 1 is 1.00 bits per heavy atom. The third kappa shape index (κ3) is 5.60. The van der Waals surface area contributed by atoms with E-state index in [0.717, 1.165) is 16.8 Å². The van der Waals surface area contributed by atoms with Crippen molar-refractivity contribution < 1.29 is 9.59 Å². The van der Waals surface area contributed by atoms with Crippen LogP contribution in [0.4, 0.5) is 5.69 Å². The summed E-state index contributed by atoms with van der Waals surface area (Å²) in [7, 11) is 0. The molecule has 1 saturated heterocycles. The zero-order valence-corrected chi connectivity index (χ0v) is 21.4.